The van der Waals surface area contributed by atoms with Crippen LogP contribution in [0.3, 0.4) is 0 Å². The first-order valence-electron chi connectivity index (χ1n) is 10.7. The van der Waals surface area contributed by atoms with Crippen molar-refractivity contribution in [1.82, 2.24) is 5.32 Å². The van der Waals surface area contributed by atoms with Crippen LogP contribution in [-0.2, 0) is 14.3 Å². The van der Waals surface area contributed by atoms with Gasteiger partial charge < -0.3 is 19.7 Å². The second kappa shape index (κ2) is 9.47. The lowest BCUT2D eigenvalue weighted by atomic mass is 9.83. The third-order valence-corrected chi connectivity index (χ3v) is 6.02. The molecule has 2 aromatic rings. The van der Waals surface area contributed by atoms with E-state index in [4.69, 9.17) is 9.47 Å². The minimum Gasteiger partial charge on any atom is -0.497 e. The molecule has 2 fully saturated rings. The summed E-state index contributed by atoms with van der Waals surface area (Å²) in [5.41, 5.74) is 1.40. The van der Waals surface area contributed by atoms with Gasteiger partial charge in [0.05, 0.1) is 25.2 Å². The SMILES string of the molecule is COc1ccc(N2C(=O)CCC(C(=O)NCC3CCCO3)C2c2ccc(F)cc2)cc1. The van der Waals surface area contributed by atoms with E-state index in [1.807, 2.05) is 0 Å². The zero-order chi connectivity index (χ0) is 21.8. The lowest BCUT2D eigenvalue weighted by Crippen LogP contribution is -2.49. The standard InChI is InChI=1S/C24H27FN2O4/c1-30-19-10-8-18(9-11-19)27-22(28)13-12-21(23(27)16-4-6-17(25)7-5-16)24(29)26-15-20-3-2-14-31-20/h4-11,20-21,23H,2-3,12-15H2,1H3,(H,26,29). The molecule has 2 aromatic carbocycles. The molecule has 0 radical (unpaired) electrons. The van der Waals surface area contributed by atoms with Gasteiger partial charge in [0.25, 0.3) is 0 Å². The first kappa shape index (κ1) is 21.3. The van der Waals surface area contributed by atoms with Crippen molar-refractivity contribution in [3.63, 3.8) is 0 Å². The summed E-state index contributed by atoms with van der Waals surface area (Å²) < 4.78 is 24.4. The summed E-state index contributed by atoms with van der Waals surface area (Å²) in [7, 11) is 1.58. The Morgan fingerprint density at radius 3 is 2.55 bits per heavy atom. The molecule has 7 heteroatoms. The maximum Gasteiger partial charge on any atom is 0.227 e. The number of nitrogens with zero attached hydrogens (tertiary/aromatic N) is 1. The summed E-state index contributed by atoms with van der Waals surface area (Å²) in [4.78, 5) is 27.9. The van der Waals surface area contributed by atoms with Crippen molar-refractivity contribution in [2.24, 2.45) is 5.92 Å². The van der Waals surface area contributed by atoms with Crippen LogP contribution in [-0.4, -0.2) is 38.2 Å². The highest BCUT2D eigenvalue weighted by atomic mass is 19.1. The van der Waals surface area contributed by atoms with Gasteiger partial charge in [0, 0.05) is 25.3 Å². The number of halogens is 1. The average molecular weight is 426 g/mol. The van der Waals surface area contributed by atoms with Crippen LogP contribution in [0.15, 0.2) is 48.5 Å². The molecular weight excluding hydrogens is 399 g/mol. The van der Waals surface area contributed by atoms with Gasteiger partial charge in [-0.1, -0.05) is 12.1 Å². The van der Waals surface area contributed by atoms with E-state index in [9.17, 15) is 14.0 Å². The molecule has 3 atom stereocenters. The van der Waals surface area contributed by atoms with Crippen molar-refractivity contribution in [2.45, 2.75) is 37.8 Å². The molecular formula is C24H27FN2O4. The van der Waals surface area contributed by atoms with Gasteiger partial charge >= 0.3 is 0 Å². The van der Waals surface area contributed by atoms with Gasteiger partial charge in [0.1, 0.15) is 11.6 Å². The van der Waals surface area contributed by atoms with Crippen LogP contribution in [0.25, 0.3) is 0 Å². The van der Waals surface area contributed by atoms with Gasteiger partial charge in [0.2, 0.25) is 11.8 Å². The highest BCUT2D eigenvalue weighted by molar-refractivity contribution is 5.97. The lowest BCUT2D eigenvalue weighted by Gasteiger charge is -2.41. The molecule has 31 heavy (non-hydrogen) atoms. The van der Waals surface area contributed by atoms with Gasteiger partial charge in [-0.2, -0.15) is 0 Å². The zero-order valence-corrected chi connectivity index (χ0v) is 17.6. The Morgan fingerprint density at radius 2 is 1.90 bits per heavy atom. The van der Waals surface area contributed by atoms with E-state index in [-0.39, 0.29) is 30.2 Å². The Labute approximate surface area is 181 Å². The Balaban J connectivity index is 1.64. The van der Waals surface area contributed by atoms with Crippen LogP contribution in [0.2, 0.25) is 0 Å². The Kier molecular flexibility index (Phi) is 6.51. The molecule has 3 unspecified atom stereocenters. The number of methoxy groups -OCH3 is 1. The zero-order valence-electron chi connectivity index (χ0n) is 17.6. The average Bonchev–Trinajstić information content (AvgIpc) is 3.32. The van der Waals surface area contributed by atoms with E-state index < -0.39 is 12.0 Å². The first-order valence-corrected chi connectivity index (χ1v) is 10.7. The van der Waals surface area contributed by atoms with Crippen molar-refractivity contribution in [3.05, 3.63) is 59.9 Å². The molecule has 2 amide bonds. The quantitative estimate of drug-likeness (QED) is 0.766. The van der Waals surface area contributed by atoms with Crippen LogP contribution in [0.4, 0.5) is 10.1 Å². The highest BCUT2D eigenvalue weighted by Crippen LogP contribution is 2.40. The normalized spacial score (nSPS) is 23.6. The molecule has 164 valence electrons. The van der Waals surface area contributed by atoms with E-state index in [0.717, 1.165) is 25.0 Å². The Morgan fingerprint density at radius 1 is 1.16 bits per heavy atom. The summed E-state index contributed by atoms with van der Waals surface area (Å²) in [5, 5.41) is 3.01. The van der Waals surface area contributed by atoms with Crippen LogP contribution in [0, 0.1) is 11.7 Å². The number of ether oxygens (including phenoxy) is 2. The van der Waals surface area contributed by atoms with Crippen molar-refractivity contribution < 1.29 is 23.5 Å². The number of hydrogen-bond donors (Lipinski definition) is 1. The maximum absolute atomic E-state index is 13.6. The number of nitrogens with one attached hydrogen (secondary N) is 1. The van der Waals surface area contributed by atoms with Gasteiger partial charge in [-0.05, 0) is 61.2 Å². The first-order chi connectivity index (χ1) is 15.1. The molecule has 0 bridgehead atoms. The summed E-state index contributed by atoms with van der Waals surface area (Å²) in [5.74, 6) is -0.316. The second-order valence-corrected chi connectivity index (χ2v) is 7.98. The number of anilines is 1. The lowest BCUT2D eigenvalue weighted by molar-refractivity contribution is -0.129. The second-order valence-electron chi connectivity index (χ2n) is 7.98. The Hall–Kier alpha value is -2.93. The van der Waals surface area contributed by atoms with Crippen molar-refractivity contribution in [2.75, 3.05) is 25.2 Å². The van der Waals surface area contributed by atoms with Crippen LogP contribution >= 0.6 is 0 Å². The number of piperidine rings is 1. The minimum atomic E-state index is -0.528. The number of amides is 2. The van der Waals surface area contributed by atoms with Crippen molar-refractivity contribution in [1.29, 1.82) is 0 Å². The summed E-state index contributed by atoms with van der Waals surface area (Å²) in [6.45, 7) is 1.18. The molecule has 0 aliphatic carbocycles. The molecule has 0 aromatic heterocycles. The fourth-order valence-corrected chi connectivity index (χ4v) is 4.41. The van der Waals surface area contributed by atoms with E-state index in [1.165, 1.54) is 12.1 Å². The molecule has 4 rings (SSSR count). The van der Waals surface area contributed by atoms with Gasteiger partial charge in [0.15, 0.2) is 0 Å². The monoisotopic (exact) mass is 426 g/mol. The summed E-state index contributed by atoms with van der Waals surface area (Å²) in [6.07, 6.45) is 2.67. The van der Waals surface area contributed by atoms with Gasteiger partial charge in [-0.3, -0.25) is 9.59 Å². The topological polar surface area (TPSA) is 67.9 Å². The number of carbonyl (C=O) groups is 2. The number of hydrogen-bond acceptors (Lipinski definition) is 4. The molecule has 0 saturated carbocycles. The van der Waals surface area contributed by atoms with E-state index in [0.29, 0.717) is 24.4 Å². The Bertz CT molecular complexity index is 910. The van der Waals surface area contributed by atoms with Gasteiger partial charge in [-0.15, -0.1) is 0 Å². The molecule has 2 heterocycles. The van der Waals surface area contributed by atoms with E-state index in [1.54, 1.807) is 48.4 Å². The number of carbonyl (C=O) groups excluding carboxylic acids is 2. The molecule has 2 aliphatic rings. The molecule has 2 aliphatic heterocycles. The maximum atomic E-state index is 13.6. The largest absolute Gasteiger partial charge is 0.497 e. The fourth-order valence-electron chi connectivity index (χ4n) is 4.41. The summed E-state index contributed by atoms with van der Waals surface area (Å²) >= 11 is 0. The van der Waals surface area contributed by atoms with E-state index >= 15 is 0 Å². The smallest absolute Gasteiger partial charge is 0.227 e. The van der Waals surface area contributed by atoms with Crippen molar-refractivity contribution >= 4 is 17.5 Å². The minimum absolute atomic E-state index is 0.0381. The van der Waals surface area contributed by atoms with Gasteiger partial charge in [-0.25, -0.2) is 4.39 Å². The third kappa shape index (κ3) is 4.71. The molecule has 0 spiro atoms. The highest BCUT2D eigenvalue weighted by Gasteiger charge is 2.41. The molecule has 6 nitrogen and oxygen atoms in total. The van der Waals surface area contributed by atoms with E-state index in [2.05, 4.69) is 5.32 Å². The van der Waals surface area contributed by atoms with Crippen LogP contribution in [0.5, 0.6) is 5.75 Å². The number of benzene rings is 2. The predicted molar refractivity (Wildman–Crippen MR) is 114 cm³/mol. The molecule has 1 N–H and O–H groups in total. The third-order valence-electron chi connectivity index (χ3n) is 6.02. The number of rotatable bonds is 6. The van der Waals surface area contributed by atoms with Crippen LogP contribution in [0.1, 0.15) is 37.3 Å². The molecule has 2 saturated heterocycles. The van der Waals surface area contributed by atoms with Crippen molar-refractivity contribution in [3.8, 4) is 5.75 Å². The summed E-state index contributed by atoms with van der Waals surface area (Å²) in [6, 6.07) is 12.7. The predicted octanol–water partition coefficient (Wildman–Crippen LogP) is 3.61. The fraction of sp³-hybridized carbons (Fsp3) is 0.417. The van der Waals surface area contributed by atoms with Crippen LogP contribution < -0.4 is 15.0 Å².